The second-order valence-corrected chi connectivity index (χ2v) is 8.72. The average molecular weight is 423 g/mol. The summed E-state index contributed by atoms with van der Waals surface area (Å²) in [6, 6.07) is 12.0. The van der Waals surface area contributed by atoms with Gasteiger partial charge in [-0.2, -0.15) is 0 Å². The zero-order chi connectivity index (χ0) is 21.3. The van der Waals surface area contributed by atoms with Crippen molar-refractivity contribution >= 4 is 21.7 Å². The molecule has 0 aliphatic carbocycles. The van der Waals surface area contributed by atoms with Crippen LogP contribution >= 0.6 is 0 Å². The van der Waals surface area contributed by atoms with Gasteiger partial charge in [0.05, 0.1) is 16.8 Å². The van der Waals surface area contributed by atoms with Gasteiger partial charge in [-0.25, -0.2) is 23.5 Å². The summed E-state index contributed by atoms with van der Waals surface area (Å²) in [4.78, 5) is 21.0. The summed E-state index contributed by atoms with van der Waals surface area (Å²) < 4.78 is 22.7. The van der Waals surface area contributed by atoms with Crippen LogP contribution < -0.4 is 16.2 Å². The predicted octanol–water partition coefficient (Wildman–Crippen LogP) is 1.44. The summed E-state index contributed by atoms with van der Waals surface area (Å²) in [7, 11) is -3.70. The van der Waals surface area contributed by atoms with Crippen LogP contribution in [-0.4, -0.2) is 30.8 Å². The summed E-state index contributed by atoms with van der Waals surface area (Å²) >= 11 is 0. The van der Waals surface area contributed by atoms with E-state index in [1.807, 2.05) is 12.1 Å². The molecule has 2 heterocycles. The first-order valence-corrected chi connectivity index (χ1v) is 11.0. The number of aryl methyl sites for hydroxylation is 2. The molecule has 0 fully saturated rings. The fraction of sp³-hybridized carbons (Fsp3) is 0.190. The maximum absolute atomic E-state index is 11.9. The van der Waals surface area contributed by atoms with E-state index in [2.05, 4.69) is 15.3 Å². The Kier molecular flexibility index (Phi) is 5.23. The Hall–Kier alpha value is -3.30. The number of aromatic nitrogens is 2. The van der Waals surface area contributed by atoms with Crippen LogP contribution in [0, 0.1) is 0 Å². The van der Waals surface area contributed by atoms with Crippen molar-refractivity contribution in [1.82, 2.24) is 15.3 Å². The number of nitrogens with two attached hydrogens (primary N) is 2. The van der Waals surface area contributed by atoms with Crippen LogP contribution in [0.2, 0.25) is 0 Å². The van der Waals surface area contributed by atoms with Gasteiger partial charge in [0, 0.05) is 17.7 Å². The van der Waals surface area contributed by atoms with Crippen molar-refractivity contribution in [3.63, 3.8) is 0 Å². The van der Waals surface area contributed by atoms with E-state index in [0.29, 0.717) is 36.5 Å². The van der Waals surface area contributed by atoms with E-state index in [1.54, 1.807) is 24.4 Å². The number of sulfonamides is 1. The minimum atomic E-state index is -3.70. The van der Waals surface area contributed by atoms with Gasteiger partial charge in [-0.05, 0) is 54.7 Å². The summed E-state index contributed by atoms with van der Waals surface area (Å²) in [6.07, 6.45) is 3.68. The van der Waals surface area contributed by atoms with Crippen LogP contribution in [0.1, 0.15) is 27.2 Å². The molecule has 1 aliphatic rings. The molecule has 0 spiro atoms. The number of carbonyl (C=O) groups excluding carboxylic acids is 1. The predicted molar refractivity (Wildman–Crippen MR) is 113 cm³/mol. The zero-order valence-corrected chi connectivity index (χ0v) is 16.9. The minimum Gasteiger partial charge on any atom is -0.382 e. The van der Waals surface area contributed by atoms with Crippen molar-refractivity contribution in [2.45, 2.75) is 24.2 Å². The number of nitrogens with zero attached hydrogens (tertiary/aromatic N) is 2. The number of primary sulfonamides is 1. The fourth-order valence-corrected chi connectivity index (χ4v) is 3.98. The Balaban J connectivity index is 1.54. The molecule has 0 atom stereocenters. The first-order chi connectivity index (χ1) is 14.3. The molecule has 1 aromatic heterocycles. The standard InChI is InChI=1S/C21H21N5O3S/c22-20-19(15-4-8-18-14(11-15)9-10-24-21(18)27)26-16(12-25-20)5-1-13-2-6-17(7-3-13)30(23,28)29/h2-4,6-8,11-12H,1,5,9-10H2,(H2,22,25)(H,24,27)(H2,23,28,29). The quantitative estimate of drug-likeness (QED) is 0.567. The van der Waals surface area contributed by atoms with Gasteiger partial charge in [0.2, 0.25) is 10.0 Å². The van der Waals surface area contributed by atoms with E-state index in [-0.39, 0.29) is 10.8 Å². The first kappa shape index (κ1) is 20.0. The minimum absolute atomic E-state index is 0.0657. The van der Waals surface area contributed by atoms with E-state index < -0.39 is 10.0 Å². The Morgan fingerprint density at radius 2 is 1.83 bits per heavy atom. The second-order valence-electron chi connectivity index (χ2n) is 7.16. The van der Waals surface area contributed by atoms with Crippen LogP contribution in [0.4, 0.5) is 5.82 Å². The van der Waals surface area contributed by atoms with Crippen molar-refractivity contribution in [3.8, 4) is 11.3 Å². The molecule has 154 valence electrons. The third-order valence-electron chi connectivity index (χ3n) is 5.08. The van der Waals surface area contributed by atoms with Crippen LogP contribution in [0.3, 0.4) is 0 Å². The first-order valence-electron chi connectivity index (χ1n) is 9.46. The van der Waals surface area contributed by atoms with E-state index in [9.17, 15) is 13.2 Å². The summed E-state index contributed by atoms with van der Waals surface area (Å²) in [5.74, 6) is 0.264. The number of hydrogen-bond acceptors (Lipinski definition) is 6. The highest BCUT2D eigenvalue weighted by molar-refractivity contribution is 7.89. The number of amides is 1. The third-order valence-corrected chi connectivity index (χ3v) is 6.00. The van der Waals surface area contributed by atoms with Gasteiger partial charge in [0.1, 0.15) is 11.5 Å². The molecule has 0 radical (unpaired) electrons. The lowest BCUT2D eigenvalue weighted by Crippen LogP contribution is -2.31. The van der Waals surface area contributed by atoms with Gasteiger partial charge < -0.3 is 11.1 Å². The molecule has 0 unspecified atom stereocenters. The molecule has 1 amide bonds. The number of carbonyl (C=O) groups is 1. The Labute approximate surface area is 174 Å². The maximum Gasteiger partial charge on any atom is 0.251 e. The largest absolute Gasteiger partial charge is 0.382 e. The highest BCUT2D eigenvalue weighted by Gasteiger charge is 2.18. The van der Waals surface area contributed by atoms with Gasteiger partial charge >= 0.3 is 0 Å². The summed E-state index contributed by atoms with van der Waals surface area (Å²) in [5, 5.41) is 7.96. The van der Waals surface area contributed by atoms with E-state index in [1.165, 1.54) is 12.1 Å². The lowest BCUT2D eigenvalue weighted by atomic mass is 9.96. The molecule has 2 aromatic carbocycles. The molecule has 1 aliphatic heterocycles. The lowest BCUT2D eigenvalue weighted by Gasteiger charge is -2.17. The molecule has 0 saturated heterocycles. The number of anilines is 1. The van der Waals surface area contributed by atoms with Crippen molar-refractivity contribution in [2.75, 3.05) is 12.3 Å². The van der Waals surface area contributed by atoms with Crippen molar-refractivity contribution < 1.29 is 13.2 Å². The van der Waals surface area contributed by atoms with Gasteiger partial charge in [-0.1, -0.05) is 18.2 Å². The number of nitrogen functional groups attached to an aromatic ring is 1. The molecular weight excluding hydrogens is 402 g/mol. The highest BCUT2D eigenvalue weighted by Crippen LogP contribution is 2.26. The SMILES string of the molecule is Nc1ncc(CCc2ccc(S(N)(=O)=O)cc2)nc1-c1ccc2c(c1)CCNC2=O. The molecule has 3 aromatic rings. The molecule has 4 rings (SSSR count). The average Bonchev–Trinajstić information content (AvgIpc) is 2.73. The molecule has 8 nitrogen and oxygen atoms in total. The van der Waals surface area contributed by atoms with Crippen molar-refractivity contribution in [1.29, 1.82) is 0 Å². The Morgan fingerprint density at radius 3 is 2.57 bits per heavy atom. The number of hydrogen-bond donors (Lipinski definition) is 3. The van der Waals surface area contributed by atoms with Gasteiger partial charge in [-0.3, -0.25) is 4.79 Å². The van der Waals surface area contributed by atoms with Crippen LogP contribution in [-0.2, 0) is 29.3 Å². The summed E-state index contributed by atoms with van der Waals surface area (Å²) in [6.45, 7) is 0.612. The third kappa shape index (κ3) is 4.17. The van der Waals surface area contributed by atoms with Crippen LogP contribution in [0.5, 0.6) is 0 Å². The highest BCUT2D eigenvalue weighted by atomic mass is 32.2. The molecule has 9 heteroatoms. The summed E-state index contributed by atoms with van der Waals surface area (Å²) in [5.41, 5.74) is 10.9. The van der Waals surface area contributed by atoms with E-state index in [4.69, 9.17) is 10.9 Å². The normalized spacial score (nSPS) is 13.6. The number of nitrogens with one attached hydrogen (secondary N) is 1. The molecule has 5 N–H and O–H groups in total. The van der Waals surface area contributed by atoms with Gasteiger partial charge in [0.15, 0.2) is 0 Å². The van der Waals surface area contributed by atoms with Crippen LogP contribution in [0.15, 0.2) is 53.6 Å². The second kappa shape index (κ2) is 7.85. The topological polar surface area (TPSA) is 141 Å². The Morgan fingerprint density at radius 1 is 1.07 bits per heavy atom. The molecule has 30 heavy (non-hydrogen) atoms. The van der Waals surface area contributed by atoms with E-state index >= 15 is 0 Å². The van der Waals surface area contributed by atoms with Crippen molar-refractivity contribution in [2.24, 2.45) is 5.14 Å². The van der Waals surface area contributed by atoms with Crippen LogP contribution in [0.25, 0.3) is 11.3 Å². The molecule has 0 saturated carbocycles. The van der Waals surface area contributed by atoms with E-state index in [0.717, 1.165) is 28.8 Å². The Bertz CT molecular complexity index is 1220. The molecule has 0 bridgehead atoms. The monoisotopic (exact) mass is 423 g/mol. The van der Waals surface area contributed by atoms with Gasteiger partial charge in [-0.15, -0.1) is 0 Å². The van der Waals surface area contributed by atoms with Gasteiger partial charge in [0.25, 0.3) is 5.91 Å². The van der Waals surface area contributed by atoms with Crippen molar-refractivity contribution in [3.05, 3.63) is 71.0 Å². The number of benzene rings is 2. The lowest BCUT2D eigenvalue weighted by molar-refractivity contribution is 0.0946. The molecular formula is C21H21N5O3S. The smallest absolute Gasteiger partial charge is 0.251 e. The number of rotatable bonds is 5. The fourth-order valence-electron chi connectivity index (χ4n) is 3.46. The maximum atomic E-state index is 11.9. The zero-order valence-electron chi connectivity index (χ0n) is 16.1. The number of fused-ring (bicyclic) bond motifs is 1.